The summed E-state index contributed by atoms with van der Waals surface area (Å²) < 4.78 is 104. The lowest BCUT2D eigenvalue weighted by atomic mass is 10.1. The number of ether oxygens (including phenoxy) is 1. The Morgan fingerprint density at radius 3 is 2.00 bits per heavy atom. The molecule has 0 spiro atoms. The van der Waals surface area contributed by atoms with Crippen LogP contribution in [0.4, 0.5) is 35.1 Å². The van der Waals surface area contributed by atoms with Gasteiger partial charge in [0.05, 0.1) is 6.61 Å². The molecule has 1 N–H and O–H groups in total. The van der Waals surface area contributed by atoms with Crippen LogP contribution in [0.2, 0.25) is 0 Å². The highest BCUT2D eigenvalue weighted by atomic mass is 19.4. The van der Waals surface area contributed by atoms with E-state index in [-0.39, 0.29) is 13.0 Å². The van der Waals surface area contributed by atoms with E-state index in [9.17, 15) is 35.1 Å². The maximum Gasteiger partial charge on any atom is 0.380 e. The lowest BCUT2D eigenvalue weighted by Gasteiger charge is -2.31. The largest absolute Gasteiger partial charge is 0.396 e. The average molecular weight is 331 g/mol. The second kappa shape index (κ2) is 8.11. The number of aliphatic hydroxyl groups excluding tert-OH is 1. The van der Waals surface area contributed by atoms with Gasteiger partial charge < -0.3 is 9.84 Å². The Morgan fingerprint density at radius 1 is 0.952 bits per heavy atom. The molecule has 0 saturated heterocycles. The molecule has 0 rings (SSSR count). The van der Waals surface area contributed by atoms with Gasteiger partial charge in [0.25, 0.3) is 0 Å². The Hall–Kier alpha value is -0.640. The zero-order valence-electron chi connectivity index (χ0n) is 10.8. The van der Waals surface area contributed by atoms with Gasteiger partial charge in [0.15, 0.2) is 0 Å². The quantitative estimate of drug-likeness (QED) is 0.460. The molecule has 0 amide bonds. The number of unbranched alkanes of at least 4 members (excludes halogenated alkanes) is 3. The first-order valence-electron chi connectivity index (χ1n) is 5.96. The van der Waals surface area contributed by atoms with Gasteiger partial charge in [0.2, 0.25) is 0 Å². The van der Waals surface area contributed by atoms with Crippen LogP contribution in [0.15, 0.2) is 0 Å². The fourth-order valence-corrected chi connectivity index (χ4v) is 1.23. The molecule has 0 aromatic rings. The van der Waals surface area contributed by atoms with Gasteiger partial charge >= 0.3 is 24.2 Å². The number of aliphatic hydroxyl groups is 1. The summed E-state index contributed by atoms with van der Waals surface area (Å²) in [6.45, 7) is -1.50. The van der Waals surface area contributed by atoms with Crippen molar-refractivity contribution >= 4 is 0 Å². The molecule has 0 bridgehead atoms. The lowest BCUT2D eigenvalue weighted by Crippen LogP contribution is -2.59. The van der Waals surface area contributed by atoms with Crippen LogP contribution in [0, 0.1) is 6.61 Å². The van der Waals surface area contributed by atoms with Crippen LogP contribution < -0.4 is 0 Å². The summed E-state index contributed by atoms with van der Waals surface area (Å²) in [6, 6.07) is 0. The second-order valence-corrected chi connectivity index (χ2v) is 4.25. The van der Waals surface area contributed by atoms with Gasteiger partial charge in [0.1, 0.15) is 6.61 Å². The van der Waals surface area contributed by atoms with Crippen molar-refractivity contribution in [1.29, 1.82) is 0 Å². The van der Waals surface area contributed by atoms with E-state index in [1.165, 1.54) is 0 Å². The minimum Gasteiger partial charge on any atom is -0.396 e. The van der Waals surface area contributed by atoms with Crippen molar-refractivity contribution in [2.45, 2.75) is 49.9 Å². The minimum atomic E-state index is -6.24. The number of alkyl halides is 8. The first-order valence-corrected chi connectivity index (χ1v) is 5.96. The van der Waals surface area contributed by atoms with Crippen molar-refractivity contribution in [1.82, 2.24) is 0 Å². The zero-order valence-corrected chi connectivity index (χ0v) is 10.8. The number of hydrogen-bond donors (Lipinski definition) is 1. The number of hydrogen-bond acceptors (Lipinski definition) is 2. The molecular weight excluding hydrogens is 316 g/mol. The predicted molar refractivity (Wildman–Crippen MR) is 56.7 cm³/mol. The van der Waals surface area contributed by atoms with Crippen LogP contribution in [0.5, 0.6) is 0 Å². The molecule has 10 heteroatoms. The summed E-state index contributed by atoms with van der Waals surface area (Å²) >= 11 is 0. The Balaban J connectivity index is 4.35. The van der Waals surface area contributed by atoms with E-state index in [2.05, 4.69) is 4.74 Å². The SMILES string of the molecule is OCCCCC[CH]OCC(F)(F)C(F)(F)C(F)(F)C(F)F. The van der Waals surface area contributed by atoms with E-state index in [0.29, 0.717) is 25.9 Å². The van der Waals surface area contributed by atoms with Crippen molar-refractivity contribution in [3.05, 3.63) is 6.61 Å². The van der Waals surface area contributed by atoms with E-state index < -0.39 is 30.8 Å². The summed E-state index contributed by atoms with van der Waals surface area (Å²) in [4.78, 5) is 0. The zero-order chi connectivity index (χ0) is 16.7. The third-order valence-corrected chi connectivity index (χ3v) is 2.51. The van der Waals surface area contributed by atoms with Gasteiger partial charge in [-0.1, -0.05) is 12.8 Å². The van der Waals surface area contributed by atoms with E-state index >= 15 is 0 Å². The van der Waals surface area contributed by atoms with Crippen molar-refractivity contribution in [2.24, 2.45) is 0 Å². The standard InChI is InChI=1S/C11H15F8O2/c12-8(13)10(16,17)11(18,19)9(14,15)7-21-6-4-2-1-3-5-20/h6,8,20H,1-5,7H2. The lowest BCUT2D eigenvalue weighted by molar-refractivity contribution is -0.344. The van der Waals surface area contributed by atoms with Crippen molar-refractivity contribution in [3.8, 4) is 0 Å². The normalized spacial score (nSPS) is 14.0. The summed E-state index contributed by atoms with van der Waals surface area (Å²) in [5.41, 5.74) is 0. The highest BCUT2D eigenvalue weighted by molar-refractivity contribution is 4.97. The van der Waals surface area contributed by atoms with Crippen LogP contribution in [-0.2, 0) is 4.74 Å². The molecule has 0 unspecified atom stereocenters. The van der Waals surface area contributed by atoms with Crippen LogP contribution in [0.25, 0.3) is 0 Å². The number of rotatable bonds is 11. The smallest absolute Gasteiger partial charge is 0.380 e. The molecule has 21 heavy (non-hydrogen) atoms. The van der Waals surface area contributed by atoms with Crippen molar-refractivity contribution in [3.63, 3.8) is 0 Å². The average Bonchev–Trinajstić information content (AvgIpc) is 2.37. The first-order chi connectivity index (χ1) is 9.50. The summed E-state index contributed by atoms with van der Waals surface area (Å²) in [6.07, 6.45) is -3.50. The minimum absolute atomic E-state index is 0.0624. The van der Waals surface area contributed by atoms with Crippen LogP contribution in [0.3, 0.4) is 0 Å². The topological polar surface area (TPSA) is 29.5 Å². The van der Waals surface area contributed by atoms with Gasteiger partial charge in [-0.05, 0) is 12.8 Å². The Bertz CT molecular complexity index is 296. The number of halogens is 8. The fraction of sp³-hybridized carbons (Fsp3) is 0.909. The Morgan fingerprint density at radius 2 is 1.52 bits per heavy atom. The third-order valence-electron chi connectivity index (χ3n) is 2.51. The van der Waals surface area contributed by atoms with Crippen LogP contribution in [0.1, 0.15) is 25.7 Å². The Labute approximate surface area is 116 Å². The van der Waals surface area contributed by atoms with Crippen LogP contribution >= 0.6 is 0 Å². The van der Waals surface area contributed by atoms with E-state index in [1.54, 1.807) is 0 Å². The van der Waals surface area contributed by atoms with Crippen LogP contribution in [-0.4, -0.2) is 42.5 Å². The second-order valence-electron chi connectivity index (χ2n) is 4.25. The molecule has 0 fully saturated rings. The molecule has 2 nitrogen and oxygen atoms in total. The van der Waals surface area contributed by atoms with Gasteiger partial charge in [-0.2, -0.15) is 26.3 Å². The molecule has 1 radical (unpaired) electrons. The summed E-state index contributed by atoms with van der Waals surface area (Å²) in [7, 11) is 0. The maximum absolute atomic E-state index is 12.9. The summed E-state index contributed by atoms with van der Waals surface area (Å²) in [5.74, 6) is -17.9. The molecule has 0 aliphatic carbocycles. The van der Waals surface area contributed by atoms with E-state index in [1.807, 2.05) is 0 Å². The first kappa shape index (κ1) is 20.4. The van der Waals surface area contributed by atoms with Gasteiger partial charge in [-0.25, -0.2) is 8.78 Å². The maximum atomic E-state index is 12.9. The third kappa shape index (κ3) is 5.24. The van der Waals surface area contributed by atoms with Crippen molar-refractivity contribution < 1.29 is 45.0 Å². The molecule has 0 aromatic carbocycles. The summed E-state index contributed by atoms with van der Waals surface area (Å²) in [5, 5.41) is 8.43. The highest BCUT2D eigenvalue weighted by Crippen LogP contribution is 2.48. The molecule has 0 saturated carbocycles. The molecule has 0 heterocycles. The Kier molecular flexibility index (Phi) is 7.87. The molecular formula is C11H15F8O2. The monoisotopic (exact) mass is 331 g/mol. The predicted octanol–water partition coefficient (Wildman–Crippen LogP) is 3.89. The van der Waals surface area contributed by atoms with E-state index in [4.69, 9.17) is 5.11 Å². The van der Waals surface area contributed by atoms with Gasteiger partial charge in [0, 0.05) is 6.61 Å². The van der Waals surface area contributed by atoms with Gasteiger partial charge in [-0.3, -0.25) is 0 Å². The molecule has 127 valence electrons. The fourth-order valence-electron chi connectivity index (χ4n) is 1.23. The molecule has 0 aromatic heterocycles. The van der Waals surface area contributed by atoms with Gasteiger partial charge in [-0.15, -0.1) is 0 Å². The molecule has 0 atom stereocenters. The highest BCUT2D eigenvalue weighted by Gasteiger charge is 2.75. The van der Waals surface area contributed by atoms with E-state index in [0.717, 1.165) is 0 Å². The molecule has 0 aliphatic heterocycles. The van der Waals surface area contributed by atoms with Crippen molar-refractivity contribution in [2.75, 3.05) is 13.2 Å². The molecule has 0 aliphatic rings.